The monoisotopic (exact) mass is 402 g/mol. The third kappa shape index (κ3) is 4.97. The zero-order chi connectivity index (χ0) is 19.9. The number of hydrogen-bond acceptors (Lipinski definition) is 4. The summed E-state index contributed by atoms with van der Waals surface area (Å²) < 4.78 is 10.4. The van der Waals surface area contributed by atoms with Gasteiger partial charge in [-0.3, -0.25) is 9.69 Å². The number of carbonyl (C=O) groups is 1. The summed E-state index contributed by atoms with van der Waals surface area (Å²) in [6.07, 6.45) is 3.64. The molecule has 0 saturated carbocycles. The van der Waals surface area contributed by atoms with E-state index < -0.39 is 0 Å². The average Bonchev–Trinajstić information content (AvgIpc) is 2.75. The van der Waals surface area contributed by atoms with Gasteiger partial charge in [0.15, 0.2) is 0 Å². The predicted octanol–water partition coefficient (Wildman–Crippen LogP) is 4.31. The number of halogens is 1. The SMILES string of the molecule is COc1ccc(C(CNC(=O)c2ccc(OC)c(Cl)c2)N2CCCCC2)cc1. The first-order chi connectivity index (χ1) is 13.6. The van der Waals surface area contributed by atoms with Gasteiger partial charge in [0.2, 0.25) is 0 Å². The number of carbonyl (C=O) groups excluding carboxylic acids is 1. The van der Waals surface area contributed by atoms with Crippen molar-refractivity contribution in [2.45, 2.75) is 25.3 Å². The lowest BCUT2D eigenvalue weighted by molar-refractivity contribution is 0.0924. The number of ether oxygens (including phenoxy) is 2. The molecule has 2 aromatic rings. The van der Waals surface area contributed by atoms with E-state index in [0.717, 1.165) is 18.8 Å². The van der Waals surface area contributed by atoms with Gasteiger partial charge in [-0.2, -0.15) is 0 Å². The molecule has 1 unspecified atom stereocenters. The van der Waals surface area contributed by atoms with Gasteiger partial charge in [-0.15, -0.1) is 0 Å². The van der Waals surface area contributed by atoms with Crippen molar-refractivity contribution in [1.82, 2.24) is 10.2 Å². The fraction of sp³-hybridized carbons (Fsp3) is 0.409. The summed E-state index contributed by atoms with van der Waals surface area (Å²) in [6, 6.07) is 13.3. The summed E-state index contributed by atoms with van der Waals surface area (Å²) in [5.74, 6) is 1.25. The molecule has 1 aliphatic heterocycles. The molecular formula is C22H27ClN2O3. The lowest BCUT2D eigenvalue weighted by atomic mass is 10.0. The number of rotatable bonds is 7. The van der Waals surface area contributed by atoms with Crippen molar-refractivity contribution in [3.63, 3.8) is 0 Å². The van der Waals surface area contributed by atoms with Crippen molar-refractivity contribution in [1.29, 1.82) is 0 Å². The molecule has 2 aromatic carbocycles. The largest absolute Gasteiger partial charge is 0.497 e. The van der Waals surface area contributed by atoms with E-state index in [9.17, 15) is 4.79 Å². The summed E-state index contributed by atoms with van der Waals surface area (Å²) in [5, 5.41) is 3.51. The topological polar surface area (TPSA) is 50.8 Å². The first-order valence-electron chi connectivity index (χ1n) is 9.62. The number of piperidine rings is 1. The zero-order valence-corrected chi connectivity index (χ0v) is 17.2. The highest BCUT2D eigenvalue weighted by atomic mass is 35.5. The molecule has 1 saturated heterocycles. The molecule has 28 heavy (non-hydrogen) atoms. The first-order valence-corrected chi connectivity index (χ1v) is 10.00. The number of nitrogens with one attached hydrogen (secondary N) is 1. The van der Waals surface area contributed by atoms with Crippen molar-refractivity contribution in [2.24, 2.45) is 0 Å². The Kier molecular flexibility index (Phi) is 7.18. The van der Waals surface area contributed by atoms with Crippen LogP contribution in [0, 0.1) is 0 Å². The quantitative estimate of drug-likeness (QED) is 0.749. The van der Waals surface area contributed by atoms with E-state index in [0.29, 0.717) is 22.9 Å². The Labute approximate surface area is 171 Å². The van der Waals surface area contributed by atoms with Crippen molar-refractivity contribution in [2.75, 3.05) is 33.9 Å². The highest BCUT2D eigenvalue weighted by Gasteiger charge is 2.23. The fourth-order valence-corrected chi connectivity index (χ4v) is 3.87. The van der Waals surface area contributed by atoms with Crippen molar-refractivity contribution >= 4 is 17.5 Å². The molecule has 1 amide bonds. The van der Waals surface area contributed by atoms with E-state index >= 15 is 0 Å². The minimum absolute atomic E-state index is 0.129. The maximum Gasteiger partial charge on any atom is 0.251 e. The van der Waals surface area contributed by atoms with Crippen LogP contribution in [0.5, 0.6) is 11.5 Å². The molecule has 150 valence electrons. The minimum Gasteiger partial charge on any atom is -0.497 e. The minimum atomic E-state index is -0.139. The van der Waals surface area contributed by atoms with Gasteiger partial charge in [-0.25, -0.2) is 0 Å². The van der Waals surface area contributed by atoms with Gasteiger partial charge in [0.1, 0.15) is 11.5 Å². The Morgan fingerprint density at radius 1 is 1.07 bits per heavy atom. The summed E-state index contributed by atoms with van der Waals surface area (Å²) in [4.78, 5) is 15.1. The summed E-state index contributed by atoms with van der Waals surface area (Å²) >= 11 is 6.16. The molecule has 1 heterocycles. The highest BCUT2D eigenvalue weighted by molar-refractivity contribution is 6.32. The molecule has 3 rings (SSSR count). The van der Waals surface area contributed by atoms with Crippen molar-refractivity contribution in [3.8, 4) is 11.5 Å². The molecule has 1 fully saturated rings. The molecule has 1 N–H and O–H groups in total. The predicted molar refractivity (Wildman–Crippen MR) is 111 cm³/mol. The van der Waals surface area contributed by atoms with Gasteiger partial charge >= 0.3 is 0 Å². The second kappa shape index (κ2) is 9.80. The van der Waals surface area contributed by atoms with E-state index in [1.165, 1.54) is 24.8 Å². The second-order valence-corrected chi connectivity index (χ2v) is 7.35. The number of methoxy groups -OCH3 is 2. The van der Waals surface area contributed by atoms with Crippen LogP contribution in [-0.2, 0) is 0 Å². The van der Waals surface area contributed by atoms with E-state index in [2.05, 4.69) is 22.3 Å². The number of likely N-dealkylation sites (tertiary alicyclic amines) is 1. The molecule has 0 aliphatic carbocycles. The lowest BCUT2D eigenvalue weighted by Crippen LogP contribution is -2.40. The third-order valence-corrected chi connectivity index (χ3v) is 5.50. The van der Waals surface area contributed by atoms with Gasteiger partial charge in [-0.1, -0.05) is 30.2 Å². The van der Waals surface area contributed by atoms with Crippen LogP contribution in [0.15, 0.2) is 42.5 Å². The molecule has 1 atom stereocenters. The van der Waals surface area contributed by atoms with E-state index in [-0.39, 0.29) is 11.9 Å². The second-order valence-electron chi connectivity index (χ2n) is 6.94. The van der Waals surface area contributed by atoms with E-state index in [1.807, 2.05) is 12.1 Å². The maximum atomic E-state index is 12.7. The van der Waals surface area contributed by atoms with Crippen LogP contribution in [0.3, 0.4) is 0 Å². The number of hydrogen-bond donors (Lipinski definition) is 1. The zero-order valence-electron chi connectivity index (χ0n) is 16.4. The molecular weight excluding hydrogens is 376 g/mol. The smallest absolute Gasteiger partial charge is 0.251 e. The van der Waals surface area contributed by atoms with Crippen LogP contribution in [0.25, 0.3) is 0 Å². The molecule has 0 spiro atoms. The number of nitrogens with zero attached hydrogens (tertiary/aromatic N) is 1. The Morgan fingerprint density at radius 2 is 1.79 bits per heavy atom. The van der Waals surface area contributed by atoms with Gasteiger partial charge in [-0.05, 0) is 61.8 Å². The molecule has 5 nitrogen and oxygen atoms in total. The Balaban J connectivity index is 1.73. The fourth-order valence-electron chi connectivity index (χ4n) is 3.61. The van der Waals surface area contributed by atoms with E-state index in [4.69, 9.17) is 21.1 Å². The Morgan fingerprint density at radius 3 is 2.39 bits per heavy atom. The van der Waals surface area contributed by atoms with Crippen LogP contribution in [0.2, 0.25) is 5.02 Å². The van der Waals surface area contributed by atoms with Crippen LogP contribution in [-0.4, -0.2) is 44.7 Å². The first kappa shape index (κ1) is 20.5. The van der Waals surface area contributed by atoms with Crippen molar-refractivity contribution in [3.05, 3.63) is 58.6 Å². The molecule has 0 bridgehead atoms. The number of benzene rings is 2. The van der Waals surface area contributed by atoms with Crippen LogP contribution < -0.4 is 14.8 Å². The Hall–Kier alpha value is -2.24. The van der Waals surface area contributed by atoms with Crippen LogP contribution >= 0.6 is 11.6 Å². The van der Waals surface area contributed by atoms with Crippen molar-refractivity contribution < 1.29 is 14.3 Å². The normalized spacial score (nSPS) is 15.7. The number of amides is 1. The van der Waals surface area contributed by atoms with Gasteiger partial charge in [0.05, 0.1) is 25.3 Å². The van der Waals surface area contributed by atoms with Crippen LogP contribution in [0.1, 0.15) is 41.2 Å². The van der Waals surface area contributed by atoms with Crippen LogP contribution in [0.4, 0.5) is 0 Å². The maximum absolute atomic E-state index is 12.7. The molecule has 6 heteroatoms. The standard InChI is InChI=1S/C22H27ClN2O3/c1-27-18-9-6-16(7-10-18)20(25-12-4-3-5-13-25)15-24-22(26)17-8-11-21(28-2)19(23)14-17/h6-11,14,20H,3-5,12-13,15H2,1-2H3,(H,24,26). The summed E-state index contributed by atoms with van der Waals surface area (Å²) in [6.45, 7) is 2.62. The van der Waals surface area contributed by atoms with E-state index in [1.54, 1.807) is 32.4 Å². The molecule has 1 aliphatic rings. The van der Waals surface area contributed by atoms with Gasteiger partial charge in [0, 0.05) is 12.1 Å². The van der Waals surface area contributed by atoms with Gasteiger partial charge in [0.25, 0.3) is 5.91 Å². The molecule has 0 aromatic heterocycles. The highest BCUT2D eigenvalue weighted by Crippen LogP contribution is 2.27. The Bertz CT molecular complexity index is 789. The summed E-state index contributed by atoms with van der Waals surface area (Å²) in [7, 11) is 3.22. The lowest BCUT2D eigenvalue weighted by Gasteiger charge is -2.35. The molecule has 0 radical (unpaired) electrons. The third-order valence-electron chi connectivity index (χ3n) is 5.20. The summed E-state index contributed by atoms with van der Waals surface area (Å²) in [5.41, 5.74) is 1.70. The average molecular weight is 403 g/mol. The van der Waals surface area contributed by atoms with Gasteiger partial charge < -0.3 is 14.8 Å².